The van der Waals surface area contributed by atoms with Gasteiger partial charge in [0.25, 0.3) is 0 Å². The minimum Gasteiger partial charge on any atom is -0.478 e. The molecule has 3 rings (SSSR count). The molecule has 0 bridgehead atoms. The van der Waals surface area contributed by atoms with Crippen LogP contribution in [-0.4, -0.2) is 28.7 Å². The number of fused-ring (bicyclic) bond motifs is 2. The average Bonchev–Trinajstić information content (AvgIpc) is 2.83. The Balaban J connectivity index is 0.000000321. The van der Waals surface area contributed by atoms with Crippen LogP contribution in [0.25, 0.3) is 0 Å². The predicted molar refractivity (Wildman–Crippen MR) is 116 cm³/mol. The minimum atomic E-state index is -1.26. The largest absolute Gasteiger partial charge is 0.478 e. The molecule has 29 heavy (non-hydrogen) atoms. The Kier molecular flexibility index (Phi) is 9.25. The fraction of sp³-hybridized carbons (Fsp3) is 0.273. The van der Waals surface area contributed by atoms with Crippen molar-refractivity contribution in [1.82, 2.24) is 5.32 Å². The second-order valence-electron chi connectivity index (χ2n) is 6.47. The van der Waals surface area contributed by atoms with E-state index in [1.54, 1.807) is 0 Å². The van der Waals surface area contributed by atoms with Crippen LogP contribution in [0.5, 0.6) is 0 Å². The van der Waals surface area contributed by atoms with Crippen LogP contribution in [-0.2, 0) is 16.0 Å². The van der Waals surface area contributed by atoms with E-state index in [-0.39, 0.29) is 0 Å². The molecule has 154 valence electrons. The third-order valence-corrected chi connectivity index (χ3v) is 5.70. The highest BCUT2D eigenvalue weighted by Crippen LogP contribution is 2.41. The zero-order chi connectivity index (χ0) is 21.2. The van der Waals surface area contributed by atoms with Crippen LogP contribution in [0.2, 0.25) is 5.02 Å². The SMILES string of the molecule is CCCCNC1Cc2cc(Cl)ccc2Sc2ccccc21.O=C(O)C=CC(=O)O. The van der Waals surface area contributed by atoms with Gasteiger partial charge in [-0.1, -0.05) is 54.9 Å². The van der Waals surface area contributed by atoms with E-state index < -0.39 is 11.9 Å². The lowest BCUT2D eigenvalue weighted by Gasteiger charge is -2.19. The highest BCUT2D eigenvalue weighted by molar-refractivity contribution is 7.99. The maximum Gasteiger partial charge on any atom is 0.328 e. The summed E-state index contributed by atoms with van der Waals surface area (Å²) in [6.07, 6.45) is 4.56. The standard InChI is InChI=1S/C18H20ClNS.C4H4O4/c1-2-3-10-20-16-12-13-11-14(19)8-9-17(13)21-18-7-5-4-6-15(16)18;5-3(6)1-2-4(7)8/h4-9,11,16,20H,2-3,10,12H2,1H3;1-2H,(H,5,6)(H,7,8). The minimum absolute atomic E-state index is 0.375. The summed E-state index contributed by atoms with van der Waals surface area (Å²) in [5.74, 6) is -2.51. The van der Waals surface area contributed by atoms with Crippen LogP contribution >= 0.6 is 23.4 Å². The lowest BCUT2D eigenvalue weighted by molar-refractivity contribution is -0.134. The molecule has 7 heteroatoms. The van der Waals surface area contributed by atoms with E-state index >= 15 is 0 Å². The molecule has 0 aliphatic carbocycles. The van der Waals surface area contributed by atoms with E-state index in [0.29, 0.717) is 18.2 Å². The maximum absolute atomic E-state index is 9.55. The number of benzene rings is 2. The monoisotopic (exact) mass is 433 g/mol. The van der Waals surface area contributed by atoms with Gasteiger partial charge >= 0.3 is 11.9 Å². The summed E-state index contributed by atoms with van der Waals surface area (Å²) in [5.41, 5.74) is 2.75. The highest BCUT2D eigenvalue weighted by atomic mass is 35.5. The quantitative estimate of drug-likeness (QED) is 0.429. The van der Waals surface area contributed by atoms with Gasteiger partial charge in [0.15, 0.2) is 0 Å². The van der Waals surface area contributed by atoms with Crippen LogP contribution in [0, 0.1) is 0 Å². The van der Waals surface area contributed by atoms with Gasteiger partial charge in [-0.25, -0.2) is 9.59 Å². The van der Waals surface area contributed by atoms with Gasteiger partial charge in [0.2, 0.25) is 0 Å². The molecule has 1 unspecified atom stereocenters. The van der Waals surface area contributed by atoms with E-state index in [9.17, 15) is 9.59 Å². The van der Waals surface area contributed by atoms with Gasteiger partial charge < -0.3 is 15.5 Å². The lowest BCUT2D eigenvalue weighted by atomic mass is 9.98. The van der Waals surface area contributed by atoms with Crippen LogP contribution in [0.1, 0.15) is 36.9 Å². The molecule has 0 amide bonds. The van der Waals surface area contributed by atoms with Crippen molar-refractivity contribution in [1.29, 1.82) is 0 Å². The topological polar surface area (TPSA) is 86.6 Å². The fourth-order valence-electron chi connectivity index (χ4n) is 2.89. The average molecular weight is 434 g/mol. The zero-order valence-corrected chi connectivity index (χ0v) is 17.7. The Labute approximate surface area is 179 Å². The molecule has 1 aliphatic heterocycles. The van der Waals surface area contributed by atoms with Gasteiger partial charge in [-0.3, -0.25) is 0 Å². The molecular formula is C22H24ClNO4S. The van der Waals surface area contributed by atoms with Gasteiger partial charge in [0, 0.05) is 33.0 Å². The van der Waals surface area contributed by atoms with Crippen LogP contribution in [0.4, 0.5) is 0 Å². The van der Waals surface area contributed by atoms with E-state index in [0.717, 1.165) is 18.0 Å². The molecule has 0 aromatic heterocycles. The summed E-state index contributed by atoms with van der Waals surface area (Å²) in [5, 5.41) is 20.2. The second-order valence-corrected chi connectivity index (χ2v) is 7.99. The Bertz CT molecular complexity index is 869. The molecule has 0 saturated heterocycles. The Hall–Kier alpha value is -2.28. The highest BCUT2D eigenvalue weighted by Gasteiger charge is 2.22. The molecule has 1 aliphatic rings. The normalized spacial score (nSPS) is 14.9. The first kappa shape index (κ1) is 23.0. The molecule has 1 heterocycles. The van der Waals surface area contributed by atoms with E-state index in [1.165, 1.54) is 33.8 Å². The summed E-state index contributed by atoms with van der Waals surface area (Å²) in [6, 6.07) is 15.4. The molecule has 0 spiro atoms. The van der Waals surface area contributed by atoms with Crippen molar-refractivity contribution in [2.45, 2.75) is 42.0 Å². The molecule has 2 aromatic rings. The van der Waals surface area contributed by atoms with E-state index in [4.69, 9.17) is 21.8 Å². The lowest BCUT2D eigenvalue weighted by Crippen LogP contribution is -2.24. The number of nitrogens with one attached hydrogen (secondary N) is 1. The number of unbranched alkanes of at least 4 members (excludes halogenated alkanes) is 1. The fourth-order valence-corrected chi connectivity index (χ4v) is 4.21. The number of rotatable bonds is 6. The second kappa shape index (κ2) is 11.7. The van der Waals surface area contributed by atoms with Crippen molar-refractivity contribution in [2.75, 3.05) is 6.54 Å². The summed E-state index contributed by atoms with van der Waals surface area (Å²) in [7, 11) is 0. The summed E-state index contributed by atoms with van der Waals surface area (Å²) in [4.78, 5) is 21.8. The Morgan fingerprint density at radius 1 is 1.14 bits per heavy atom. The molecule has 0 radical (unpaired) electrons. The number of hydrogen-bond acceptors (Lipinski definition) is 4. The first-order valence-corrected chi connectivity index (χ1v) is 10.5. The maximum atomic E-state index is 9.55. The van der Waals surface area contributed by atoms with E-state index in [2.05, 4.69) is 48.6 Å². The van der Waals surface area contributed by atoms with Crippen molar-refractivity contribution in [2.24, 2.45) is 0 Å². The molecule has 0 fully saturated rings. The number of hydrogen-bond donors (Lipinski definition) is 3. The van der Waals surface area contributed by atoms with Gasteiger partial charge in [-0.15, -0.1) is 0 Å². The van der Waals surface area contributed by atoms with Crippen LogP contribution in [0.15, 0.2) is 64.4 Å². The summed E-state index contributed by atoms with van der Waals surface area (Å²) < 4.78 is 0. The van der Waals surface area contributed by atoms with Crippen molar-refractivity contribution >= 4 is 35.3 Å². The smallest absolute Gasteiger partial charge is 0.328 e. The molecule has 3 N–H and O–H groups in total. The van der Waals surface area contributed by atoms with Crippen LogP contribution < -0.4 is 5.32 Å². The van der Waals surface area contributed by atoms with Gasteiger partial charge in [0.1, 0.15) is 0 Å². The molecular weight excluding hydrogens is 410 g/mol. The Morgan fingerprint density at radius 2 is 1.83 bits per heavy atom. The molecule has 1 atom stereocenters. The van der Waals surface area contributed by atoms with Gasteiger partial charge in [-0.05, 0) is 54.8 Å². The number of carboxylic acid groups (broad SMARTS) is 2. The molecule has 0 saturated carbocycles. The van der Waals surface area contributed by atoms with Crippen molar-refractivity contribution < 1.29 is 19.8 Å². The van der Waals surface area contributed by atoms with Gasteiger partial charge in [-0.2, -0.15) is 0 Å². The van der Waals surface area contributed by atoms with Crippen molar-refractivity contribution in [3.05, 3.63) is 70.8 Å². The number of carboxylic acids is 2. The number of aliphatic carboxylic acids is 2. The van der Waals surface area contributed by atoms with Crippen molar-refractivity contribution in [3.63, 3.8) is 0 Å². The molecule has 5 nitrogen and oxygen atoms in total. The number of carbonyl (C=O) groups is 2. The third-order valence-electron chi connectivity index (χ3n) is 4.25. The zero-order valence-electron chi connectivity index (χ0n) is 16.1. The molecule has 2 aromatic carbocycles. The first-order chi connectivity index (χ1) is 13.9. The first-order valence-electron chi connectivity index (χ1n) is 9.33. The Morgan fingerprint density at radius 3 is 2.48 bits per heavy atom. The summed E-state index contributed by atoms with van der Waals surface area (Å²) in [6.45, 7) is 3.30. The van der Waals surface area contributed by atoms with Crippen LogP contribution in [0.3, 0.4) is 0 Å². The predicted octanol–water partition coefficient (Wildman–Crippen LogP) is 5.19. The van der Waals surface area contributed by atoms with Crippen molar-refractivity contribution in [3.8, 4) is 0 Å². The summed E-state index contributed by atoms with van der Waals surface area (Å²) >= 11 is 8.04. The number of halogens is 1. The van der Waals surface area contributed by atoms with Gasteiger partial charge in [0.05, 0.1) is 0 Å². The van der Waals surface area contributed by atoms with E-state index in [1.807, 2.05) is 17.8 Å². The third kappa shape index (κ3) is 7.57.